The molecule has 0 spiro atoms. The maximum atomic E-state index is 11.2. The molecule has 1 heterocycles. The first-order valence-electron chi connectivity index (χ1n) is 6.24. The van der Waals surface area contributed by atoms with Gasteiger partial charge in [0.05, 0.1) is 17.0 Å². The van der Waals surface area contributed by atoms with Crippen molar-refractivity contribution in [3.63, 3.8) is 0 Å². The van der Waals surface area contributed by atoms with Crippen molar-refractivity contribution in [3.8, 4) is 0 Å². The van der Waals surface area contributed by atoms with E-state index in [0.29, 0.717) is 22.4 Å². The van der Waals surface area contributed by atoms with Crippen LogP contribution < -0.4 is 67.5 Å². The Morgan fingerprint density at radius 3 is 2.18 bits per heavy atom. The van der Waals surface area contributed by atoms with Crippen LogP contribution in [0.3, 0.4) is 0 Å². The van der Waals surface area contributed by atoms with Crippen LogP contribution in [0.25, 0.3) is 11.0 Å². The van der Waals surface area contributed by atoms with E-state index in [1.54, 1.807) is 42.5 Å². The first kappa shape index (κ1) is 16.9. The van der Waals surface area contributed by atoms with Gasteiger partial charge < -0.3 is 21.0 Å². The number of nitrogens with zero attached hydrogens (tertiary/aromatic N) is 2. The smallest absolute Gasteiger partial charge is 0.543 e. The SMILES string of the molecule is Nc1ccc(Nc2nc3ccccc3nc2C(=O)[O-])cc1.[K+]. The summed E-state index contributed by atoms with van der Waals surface area (Å²) in [7, 11) is 0. The number of benzene rings is 2. The van der Waals surface area contributed by atoms with Crippen LogP contribution in [-0.2, 0) is 0 Å². The van der Waals surface area contributed by atoms with Gasteiger partial charge in [-0.2, -0.15) is 0 Å². The molecule has 104 valence electrons. The molecule has 0 saturated carbocycles. The second-order valence-electron chi connectivity index (χ2n) is 4.44. The van der Waals surface area contributed by atoms with Gasteiger partial charge in [-0.15, -0.1) is 0 Å². The zero-order valence-corrected chi connectivity index (χ0v) is 15.0. The number of nitrogens with one attached hydrogen (secondary N) is 1. The summed E-state index contributed by atoms with van der Waals surface area (Å²) in [5.41, 5.74) is 7.76. The molecule has 0 bridgehead atoms. The Balaban J connectivity index is 0.00000176. The molecular formula is C15H11KN4O2. The van der Waals surface area contributed by atoms with Crippen molar-refractivity contribution in [1.82, 2.24) is 9.97 Å². The van der Waals surface area contributed by atoms with Gasteiger partial charge in [0.1, 0.15) is 5.69 Å². The maximum Gasteiger partial charge on any atom is 1.00 e. The molecule has 0 fully saturated rings. The summed E-state index contributed by atoms with van der Waals surface area (Å²) in [4.78, 5) is 19.6. The van der Waals surface area contributed by atoms with Crippen LogP contribution in [0.5, 0.6) is 0 Å². The number of nitrogens with two attached hydrogens (primary N) is 1. The van der Waals surface area contributed by atoms with Crippen molar-refractivity contribution < 1.29 is 61.3 Å². The van der Waals surface area contributed by atoms with E-state index in [4.69, 9.17) is 5.73 Å². The second-order valence-corrected chi connectivity index (χ2v) is 4.44. The summed E-state index contributed by atoms with van der Waals surface area (Å²) in [5.74, 6) is -1.25. The zero-order chi connectivity index (χ0) is 14.8. The first-order valence-corrected chi connectivity index (χ1v) is 6.24. The van der Waals surface area contributed by atoms with Crippen molar-refractivity contribution in [1.29, 1.82) is 0 Å². The molecule has 2 aromatic carbocycles. The molecule has 0 aliphatic carbocycles. The molecule has 0 aliphatic heterocycles. The second kappa shape index (κ2) is 7.17. The molecule has 22 heavy (non-hydrogen) atoms. The number of carbonyl (C=O) groups excluding carboxylic acids is 1. The van der Waals surface area contributed by atoms with Gasteiger partial charge in [0.25, 0.3) is 0 Å². The van der Waals surface area contributed by atoms with Crippen LogP contribution in [0.2, 0.25) is 0 Å². The topological polar surface area (TPSA) is 104 Å². The number of aromatic carboxylic acids is 1. The van der Waals surface area contributed by atoms with Crippen molar-refractivity contribution in [2.45, 2.75) is 0 Å². The Kier molecular flexibility index (Phi) is 5.49. The molecule has 3 rings (SSSR count). The molecular weight excluding hydrogens is 307 g/mol. The molecule has 0 radical (unpaired) electrons. The third-order valence-electron chi connectivity index (χ3n) is 2.94. The first-order chi connectivity index (χ1) is 10.1. The monoisotopic (exact) mass is 318 g/mol. The van der Waals surface area contributed by atoms with Crippen molar-refractivity contribution in [3.05, 3.63) is 54.2 Å². The Morgan fingerprint density at radius 1 is 1.00 bits per heavy atom. The molecule has 0 unspecified atom stereocenters. The number of aromatic nitrogens is 2. The van der Waals surface area contributed by atoms with Crippen LogP contribution in [0.1, 0.15) is 10.5 Å². The predicted octanol–water partition coefficient (Wildman–Crippen LogP) is -1.68. The molecule has 0 aliphatic rings. The van der Waals surface area contributed by atoms with E-state index in [9.17, 15) is 9.90 Å². The molecule has 0 saturated heterocycles. The number of carboxylic acid groups (broad SMARTS) is 1. The number of para-hydroxylation sites is 2. The Hall–Kier alpha value is -1.51. The van der Waals surface area contributed by atoms with E-state index < -0.39 is 5.97 Å². The minimum atomic E-state index is -1.38. The molecule has 0 atom stereocenters. The summed E-state index contributed by atoms with van der Waals surface area (Å²) in [6.07, 6.45) is 0. The van der Waals surface area contributed by atoms with E-state index in [0.717, 1.165) is 0 Å². The quantitative estimate of drug-likeness (QED) is 0.442. The number of carboxylic acids is 1. The summed E-state index contributed by atoms with van der Waals surface area (Å²) < 4.78 is 0. The van der Waals surface area contributed by atoms with Crippen molar-refractivity contribution >= 4 is 34.2 Å². The molecule has 3 aromatic rings. The summed E-state index contributed by atoms with van der Waals surface area (Å²) >= 11 is 0. The molecule has 3 N–H and O–H groups in total. The average Bonchev–Trinajstić information content (AvgIpc) is 2.48. The van der Waals surface area contributed by atoms with E-state index in [2.05, 4.69) is 15.3 Å². The third-order valence-corrected chi connectivity index (χ3v) is 2.94. The van der Waals surface area contributed by atoms with Crippen molar-refractivity contribution in [2.75, 3.05) is 11.1 Å². The number of anilines is 3. The normalized spacial score (nSPS) is 10.0. The third kappa shape index (κ3) is 3.63. The summed E-state index contributed by atoms with van der Waals surface area (Å²) in [6.45, 7) is 0. The van der Waals surface area contributed by atoms with E-state index in [1.807, 2.05) is 6.07 Å². The van der Waals surface area contributed by atoms with Gasteiger partial charge in [-0.1, -0.05) is 12.1 Å². The Morgan fingerprint density at radius 2 is 1.59 bits per heavy atom. The largest absolute Gasteiger partial charge is 1.00 e. The van der Waals surface area contributed by atoms with Gasteiger partial charge in [-0.05, 0) is 36.4 Å². The minimum absolute atomic E-state index is 0. The maximum absolute atomic E-state index is 11.2. The van der Waals surface area contributed by atoms with Crippen LogP contribution in [0, 0.1) is 0 Å². The number of fused-ring (bicyclic) bond motifs is 1. The van der Waals surface area contributed by atoms with Gasteiger partial charge in [0.15, 0.2) is 5.82 Å². The Labute approximate surface area is 169 Å². The molecule has 1 aromatic heterocycles. The fraction of sp³-hybridized carbons (Fsp3) is 0. The summed E-state index contributed by atoms with van der Waals surface area (Å²) in [5, 5.41) is 14.2. The van der Waals surface area contributed by atoms with Gasteiger partial charge in [0.2, 0.25) is 0 Å². The van der Waals surface area contributed by atoms with Gasteiger partial charge in [-0.25, -0.2) is 9.97 Å². The van der Waals surface area contributed by atoms with Crippen molar-refractivity contribution in [2.24, 2.45) is 0 Å². The van der Waals surface area contributed by atoms with Crippen LogP contribution in [0.4, 0.5) is 17.2 Å². The Bertz CT molecular complexity index is 821. The number of hydrogen-bond donors (Lipinski definition) is 2. The number of carbonyl (C=O) groups is 1. The molecule has 0 amide bonds. The van der Waals surface area contributed by atoms with Crippen LogP contribution in [0.15, 0.2) is 48.5 Å². The zero-order valence-electron chi connectivity index (χ0n) is 11.9. The molecule has 7 heteroatoms. The fourth-order valence-electron chi connectivity index (χ4n) is 1.93. The van der Waals surface area contributed by atoms with Crippen LogP contribution in [-0.4, -0.2) is 15.9 Å². The van der Waals surface area contributed by atoms with Gasteiger partial charge in [0, 0.05) is 11.4 Å². The van der Waals surface area contributed by atoms with E-state index >= 15 is 0 Å². The van der Waals surface area contributed by atoms with Gasteiger partial charge in [-0.3, -0.25) is 0 Å². The average molecular weight is 318 g/mol. The summed E-state index contributed by atoms with van der Waals surface area (Å²) in [6, 6.07) is 13.9. The standard InChI is InChI=1S/C15H12N4O2.K/c16-9-5-7-10(8-6-9)17-14-13(15(20)21)18-11-3-1-2-4-12(11)19-14;/h1-8H,16H2,(H,17,19)(H,20,21);/q;+1/p-1. The number of rotatable bonds is 3. The van der Waals surface area contributed by atoms with Gasteiger partial charge >= 0.3 is 51.4 Å². The fourth-order valence-corrected chi connectivity index (χ4v) is 1.93. The van der Waals surface area contributed by atoms with E-state index in [1.165, 1.54) is 0 Å². The molecule has 6 nitrogen and oxygen atoms in total. The van der Waals surface area contributed by atoms with E-state index in [-0.39, 0.29) is 62.9 Å². The minimum Gasteiger partial charge on any atom is -0.543 e. The predicted molar refractivity (Wildman–Crippen MR) is 78.0 cm³/mol. The van der Waals surface area contributed by atoms with Crippen LogP contribution >= 0.6 is 0 Å². The number of nitrogen functional groups attached to an aromatic ring is 1. The number of hydrogen-bond acceptors (Lipinski definition) is 6.